The quantitative estimate of drug-likeness (QED) is 0.333. The van der Waals surface area contributed by atoms with Gasteiger partial charge in [0.05, 0.1) is 18.4 Å². The molecule has 0 radical (unpaired) electrons. The van der Waals surface area contributed by atoms with Crippen molar-refractivity contribution in [2.24, 2.45) is 23.5 Å². The number of nitrogens with zero attached hydrogens (tertiary/aromatic N) is 1. The van der Waals surface area contributed by atoms with Crippen molar-refractivity contribution in [1.82, 2.24) is 15.5 Å². The minimum absolute atomic E-state index is 0.00387. The van der Waals surface area contributed by atoms with Gasteiger partial charge in [0.2, 0.25) is 0 Å². The minimum Gasteiger partial charge on any atom is -0.390 e. The number of fused-ring (bicyclic) bond motifs is 1. The van der Waals surface area contributed by atoms with Gasteiger partial charge in [0.25, 0.3) is 0 Å². The molecular weight excluding hydrogens is 384 g/mol. The van der Waals surface area contributed by atoms with Gasteiger partial charge >= 0.3 is 0 Å². The molecule has 8 nitrogen and oxygen atoms in total. The zero-order valence-electron chi connectivity index (χ0n) is 16.7. The highest BCUT2D eigenvalue weighted by Crippen LogP contribution is 2.43. The molecule has 3 heterocycles. The first-order valence-corrected chi connectivity index (χ1v) is 11.0. The molecule has 0 aromatic rings. The molecule has 9 heteroatoms. The van der Waals surface area contributed by atoms with Crippen LogP contribution in [-0.2, 0) is 4.74 Å². The fourth-order valence-electron chi connectivity index (χ4n) is 5.67. The zero-order valence-corrected chi connectivity index (χ0v) is 17.4. The molecule has 0 amide bonds. The molecule has 7 N–H and O–H groups in total. The molecule has 4 aliphatic rings. The Morgan fingerprint density at radius 2 is 2.04 bits per heavy atom. The molecule has 1 aliphatic carbocycles. The summed E-state index contributed by atoms with van der Waals surface area (Å²) in [6, 6.07) is 0. The molecule has 0 aromatic heterocycles. The third kappa shape index (κ3) is 3.50. The highest BCUT2D eigenvalue weighted by molar-refractivity contribution is 6.20. The Kier molecular flexibility index (Phi) is 5.99. The number of halogens is 1. The average Bonchev–Trinajstić information content (AvgIpc) is 3.17. The van der Waals surface area contributed by atoms with Crippen molar-refractivity contribution in [2.75, 3.05) is 13.2 Å². The molecule has 0 spiro atoms. The summed E-state index contributed by atoms with van der Waals surface area (Å²) >= 11 is 6.33. The first kappa shape index (κ1) is 21.2. The maximum Gasteiger partial charge on any atom is 0.141 e. The van der Waals surface area contributed by atoms with Crippen LogP contribution in [0.1, 0.15) is 39.5 Å². The van der Waals surface area contributed by atoms with Gasteiger partial charge in [-0.25, -0.2) is 0 Å². The summed E-state index contributed by atoms with van der Waals surface area (Å²) in [5, 5.41) is 39.8. The van der Waals surface area contributed by atoms with E-state index in [2.05, 4.69) is 22.5 Å². The topological polar surface area (TPSA) is 123 Å². The third-order valence-electron chi connectivity index (χ3n) is 7.55. The van der Waals surface area contributed by atoms with E-state index in [0.29, 0.717) is 19.1 Å². The van der Waals surface area contributed by atoms with Gasteiger partial charge in [0, 0.05) is 24.5 Å². The van der Waals surface area contributed by atoms with E-state index in [-0.39, 0.29) is 29.5 Å². The number of likely N-dealkylation sites (tertiary alicyclic amines) is 1. The summed E-state index contributed by atoms with van der Waals surface area (Å²) in [7, 11) is 0. The number of hydrogen-bond donors (Lipinski definition) is 6. The van der Waals surface area contributed by atoms with Crippen LogP contribution in [-0.4, -0.2) is 81.3 Å². The molecule has 11 atom stereocenters. The Bertz CT molecular complexity index is 570. The summed E-state index contributed by atoms with van der Waals surface area (Å²) in [5.74, 6) is 0.518. The number of hydrogen-bond acceptors (Lipinski definition) is 8. The number of alkyl halides is 1. The van der Waals surface area contributed by atoms with E-state index in [1.54, 1.807) is 6.92 Å². The van der Waals surface area contributed by atoms with Crippen LogP contribution in [0.4, 0.5) is 0 Å². The van der Waals surface area contributed by atoms with Gasteiger partial charge in [-0.15, -0.1) is 11.6 Å². The monoisotopic (exact) mass is 418 g/mol. The van der Waals surface area contributed by atoms with Gasteiger partial charge in [-0.1, -0.05) is 6.92 Å². The average molecular weight is 419 g/mol. The molecule has 0 bridgehead atoms. The Balaban J connectivity index is 1.48. The highest BCUT2D eigenvalue weighted by atomic mass is 35.5. The molecule has 1 saturated carbocycles. The number of ether oxygens (including phenoxy) is 1. The molecule has 3 aliphatic heterocycles. The van der Waals surface area contributed by atoms with E-state index >= 15 is 0 Å². The van der Waals surface area contributed by atoms with E-state index < -0.39 is 30.1 Å². The lowest BCUT2D eigenvalue weighted by atomic mass is 9.75. The second-order valence-electron chi connectivity index (χ2n) is 9.42. The number of aliphatic hydroxyl groups excluding tert-OH is 2. The summed E-state index contributed by atoms with van der Waals surface area (Å²) in [4.78, 5) is 2.05. The molecule has 6 unspecified atom stereocenters. The van der Waals surface area contributed by atoms with Crippen LogP contribution in [0.25, 0.3) is 0 Å². The van der Waals surface area contributed by atoms with Crippen LogP contribution >= 0.6 is 11.6 Å². The third-order valence-corrected chi connectivity index (χ3v) is 8.20. The lowest BCUT2D eigenvalue weighted by Crippen LogP contribution is -2.64. The van der Waals surface area contributed by atoms with E-state index in [0.717, 1.165) is 25.7 Å². The van der Waals surface area contributed by atoms with Crippen molar-refractivity contribution in [2.45, 2.75) is 87.4 Å². The lowest BCUT2D eigenvalue weighted by molar-refractivity contribution is -0.147. The number of rotatable bonds is 3. The Morgan fingerprint density at radius 3 is 2.75 bits per heavy atom. The van der Waals surface area contributed by atoms with Crippen LogP contribution in [0.2, 0.25) is 0 Å². The van der Waals surface area contributed by atoms with E-state index in [1.165, 1.54) is 0 Å². The van der Waals surface area contributed by atoms with Gasteiger partial charge in [-0.2, -0.15) is 0 Å². The van der Waals surface area contributed by atoms with E-state index in [9.17, 15) is 15.3 Å². The molecule has 3 saturated heterocycles. The first-order chi connectivity index (χ1) is 13.2. The maximum atomic E-state index is 11.1. The van der Waals surface area contributed by atoms with Crippen LogP contribution in [0.3, 0.4) is 0 Å². The van der Waals surface area contributed by atoms with Gasteiger partial charge < -0.3 is 25.8 Å². The van der Waals surface area contributed by atoms with Crippen molar-refractivity contribution < 1.29 is 20.1 Å². The van der Waals surface area contributed by atoms with Gasteiger partial charge in [0.1, 0.15) is 24.0 Å². The van der Waals surface area contributed by atoms with E-state index in [1.807, 2.05) is 0 Å². The van der Waals surface area contributed by atoms with Gasteiger partial charge in [-0.05, 0) is 44.4 Å². The van der Waals surface area contributed by atoms with Crippen LogP contribution < -0.4 is 16.4 Å². The molecule has 28 heavy (non-hydrogen) atoms. The largest absolute Gasteiger partial charge is 0.390 e. The van der Waals surface area contributed by atoms with Crippen LogP contribution in [0.5, 0.6) is 0 Å². The molecule has 162 valence electrons. The van der Waals surface area contributed by atoms with Gasteiger partial charge in [0.15, 0.2) is 0 Å². The predicted octanol–water partition coefficient (Wildman–Crippen LogP) is -0.689. The van der Waals surface area contributed by atoms with Crippen LogP contribution in [0.15, 0.2) is 0 Å². The summed E-state index contributed by atoms with van der Waals surface area (Å²) in [6.07, 6.45) is -0.284. The first-order valence-electron chi connectivity index (χ1n) is 10.6. The molecule has 0 aromatic carbocycles. The Labute approximate surface area is 171 Å². The van der Waals surface area contributed by atoms with Crippen molar-refractivity contribution in [3.63, 3.8) is 0 Å². The van der Waals surface area contributed by atoms with Crippen molar-refractivity contribution in [3.8, 4) is 0 Å². The van der Waals surface area contributed by atoms with Crippen molar-refractivity contribution in [3.05, 3.63) is 0 Å². The standard InChI is InChI=1S/C19H35ClN4O4/c1-9-7-10(3-4-12(9)20)13(25)15-19(2,27)14(26)18(28-15)24-6-5-11-16(21)22-8-23-17(11)24/h9-18,22-23,25-27H,3-8,21H2,1-2H3/t9?,10?,11?,12?,13-,14+,15-,16?,17?,18-,19+/m1/s1. The number of nitrogens with two attached hydrogens (primary N) is 1. The van der Waals surface area contributed by atoms with Crippen LogP contribution in [0, 0.1) is 17.8 Å². The lowest BCUT2D eigenvalue weighted by Gasteiger charge is -2.40. The Hall–Kier alpha value is -0.0300. The molecule has 4 rings (SSSR count). The van der Waals surface area contributed by atoms with Gasteiger partial charge in [-0.3, -0.25) is 15.5 Å². The smallest absolute Gasteiger partial charge is 0.141 e. The molecular formula is C19H35ClN4O4. The second kappa shape index (κ2) is 7.90. The fourth-order valence-corrected chi connectivity index (χ4v) is 5.90. The second-order valence-corrected chi connectivity index (χ2v) is 9.98. The maximum absolute atomic E-state index is 11.1. The Morgan fingerprint density at radius 1 is 1.29 bits per heavy atom. The van der Waals surface area contributed by atoms with Crippen molar-refractivity contribution in [1.29, 1.82) is 0 Å². The summed E-state index contributed by atoms with van der Waals surface area (Å²) in [6.45, 7) is 4.96. The molecule has 4 fully saturated rings. The van der Waals surface area contributed by atoms with Crippen molar-refractivity contribution >= 4 is 11.6 Å². The zero-order chi connectivity index (χ0) is 20.2. The number of aliphatic hydroxyl groups is 3. The minimum atomic E-state index is -1.53. The summed E-state index contributed by atoms with van der Waals surface area (Å²) in [5.41, 5.74) is 4.66. The van der Waals surface area contributed by atoms with E-state index in [4.69, 9.17) is 22.1 Å². The predicted molar refractivity (Wildman–Crippen MR) is 105 cm³/mol. The fraction of sp³-hybridized carbons (Fsp3) is 1.00. The normalized spacial score (nSPS) is 53.9. The summed E-state index contributed by atoms with van der Waals surface area (Å²) < 4.78 is 6.18. The SMILES string of the molecule is CC1CC([C@@H](O)[C@H]2O[C@@H](N3CCC4C(N)NCNC43)[C@H](O)[C@]2(C)O)CCC1Cl. The number of nitrogens with one attached hydrogen (secondary N) is 2. The highest BCUT2D eigenvalue weighted by Gasteiger charge is 2.59.